The molecule has 74 valence electrons. The van der Waals surface area contributed by atoms with Gasteiger partial charge in [-0.25, -0.2) is 4.39 Å². The molecule has 4 heteroatoms. The lowest BCUT2D eigenvalue weighted by Gasteiger charge is -2.16. The predicted molar refractivity (Wildman–Crippen MR) is 56.4 cm³/mol. The lowest BCUT2D eigenvalue weighted by Crippen LogP contribution is -2.12. The van der Waals surface area contributed by atoms with E-state index in [-0.39, 0.29) is 15.3 Å². The molecule has 0 saturated heterocycles. The van der Waals surface area contributed by atoms with E-state index < -0.39 is 5.82 Å². The Morgan fingerprint density at radius 2 is 2.14 bits per heavy atom. The summed E-state index contributed by atoms with van der Waals surface area (Å²) in [6.07, 6.45) is 1.97. The topological polar surface area (TPSA) is 17.1 Å². The third-order valence-corrected chi connectivity index (χ3v) is 3.37. The Labute approximate surface area is 94.4 Å². The summed E-state index contributed by atoms with van der Waals surface area (Å²) in [5.41, 5.74) is 1.22. The molecular weight excluding hydrogens is 270 g/mol. The monoisotopic (exact) mass is 276 g/mol. The summed E-state index contributed by atoms with van der Waals surface area (Å²) in [5, 5.41) is 0.0856. The lowest BCUT2D eigenvalue weighted by atomic mass is 9.90. The van der Waals surface area contributed by atoms with Gasteiger partial charge >= 0.3 is 0 Å². The fraction of sp³-hybridized carbons (Fsp3) is 0.300. The number of ketones is 1. The highest BCUT2D eigenvalue weighted by Crippen LogP contribution is 2.34. The van der Waals surface area contributed by atoms with E-state index in [9.17, 15) is 9.18 Å². The van der Waals surface area contributed by atoms with Crippen LogP contribution in [0.25, 0.3) is 0 Å². The van der Waals surface area contributed by atoms with Gasteiger partial charge < -0.3 is 0 Å². The van der Waals surface area contributed by atoms with E-state index >= 15 is 0 Å². The summed E-state index contributed by atoms with van der Waals surface area (Å²) in [5.74, 6) is -0.422. The molecule has 0 fully saturated rings. The van der Waals surface area contributed by atoms with Crippen LogP contribution >= 0.6 is 27.5 Å². The maximum Gasteiger partial charge on any atom is 0.163 e. The van der Waals surface area contributed by atoms with Gasteiger partial charge in [0, 0.05) is 12.0 Å². The Morgan fingerprint density at radius 1 is 1.43 bits per heavy atom. The van der Waals surface area contributed by atoms with E-state index in [1.54, 1.807) is 0 Å². The van der Waals surface area contributed by atoms with E-state index in [0.29, 0.717) is 24.0 Å². The van der Waals surface area contributed by atoms with Crippen LogP contribution < -0.4 is 0 Å². The molecule has 1 aliphatic rings. The number of carbonyl (C=O) groups excluding carboxylic acids is 1. The first kappa shape index (κ1) is 10.1. The van der Waals surface area contributed by atoms with Crippen LogP contribution in [-0.4, -0.2) is 5.78 Å². The van der Waals surface area contributed by atoms with Crippen molar-refractivity contribution in [1.29, 1.82) is 0 Å². The highest BCUT2D eigenvalue weighted by atomic mass is 79.9. The number of carbonyl (C=O) groups is 1. The first-order chi connectivity index (χ1) is 6.61. The quantitative estimate of drug-likeness (QED) is 0.660. The van der Waals surface area contributed by atoms with Crippen molar-refractivity contribution in [2.45, 2.75) is 19.3 Å². The van der Waals surface area contributed by atoms with E-state index in [0.717, 1.165) is 6.42 Å². The molecule has 0 N–H and O–H groups in total. The number of Topliss-reactive ketones (excluding diaryl/α,β-unsaturated/α-hetero) is 1. The molecule has 1 nitrogen and oxygen atoms in total. The van der Waals surface area contributed by atoms with E-state index in [2.05, 4.69) is 15.9 Å². The Morgan fingerprint density at radius 3 is 2.86 bits per heavy atom. The second kappa shape index (κ2) is 3.63. The van der Waals surface area contributed by atoms with Crippen molar-refractivity contribution in [1.82, 2.24) is 0 Å². The van der Waals surface area contributed by atoms with Crippen molar-refractivity contribution in [2.75, 3.05) is 0 Å². The van der Waals surface area contributed by atoms with Crippen molar-refractivity contribution in [2.24, 2.45) is 0 Å². The molecule has 0 unspecified atom stereocenters. The normalized spacial score (nSPS) is 15.5. The standard InChI is InChI=1S/C10H7BrClFO/c11-7-4-6-5(9(12)10(7)13)2-1-3-8(6)14/h4H,1-3H2. The molecule has 0 saturated carbocycles. The van der Waals surface area contributed by atoms with Crippen molar-refractivity contribution in [3.8, 4) is 0 Å². The minimum Gasteiger partial charge on any atom is -0.294 e. The van der Waals surface area contributed by atoms with Crippen LogP contribution in [0.2, 0.25) is 5.02 Å². The Kier molecular flexibility index (Phi) is 2.62. The second-order valence-corrected chi connectivity index (χ2v) is 4.52. The number of hydrogen-bond acceptors (Lipinski definition) is 1. The predicted octanol–water partition coefficient (Wildman–Crippen LogP) is 3.76. The molecule has 0 spiro atoms. The maximum absolute atomic E-state index is 13.4. The molecular formula is C10H7BrClFO. The van der Waals surface area contributed by atoms with Gasteiger partial charge in [0.05, 0.1) is 9.50 Å². The fourth-order valence-electron chi connectivity index (χ4n) is 1.69. The number of rotatable bonds is 0. The van der Waals surface area contributed by atoms with Crippen molar-refractivity contribution >= 4 is 33.3 Å². The van der Waals surface area contributed by atoms with Crippen LogP contribution in [0.3, 0.4) is 0 Å². The third-order valence-electron chi connectivity index (χ3n) is 2.39. The number of benzene rings is 1. The summed E-state index contributed by atoms with van der Waals surface area (Å²) in [6.45, 7) is 0. The molecule has 0 bridgehead atoms. The minimum absolute atomic E-state index is 0.0499. The first-order valence-corrected chi connectivity index (χ1v) is 5.48. The number of hydrogen-bond donors (Lipinski definition) is 0. The summed E-state index contributed by atoms with van der Waals surface area (Å²) >= 11 is 8.87. The number of fused-ring (bicyclic) bond motifs is 1. The SMILES string of the molecule is O=C1CCCc2c1cc(Br)c(F)c2Cl. The zero-order valence-electron chi connectivity index (χ0n) is 7.24. The molecule has 1 aromatic carbocycles. The van der Waals surface area contributed by atoms with Crippen LogP contribution in [0.5, 0.6) is 0 Å². The molecule has 0 heterocycles. The third kappa shape index (κ3) is 1.48. The first-order valence-electron chi connectivity index (χ1n) is 4.31. The molecule has 0 aromatic heterocycles. The summed E-state index contributed by atoms with van der Waals surface area (Å²) in [4.78, 5) is 11.5. The van der Waals surface area contributed by atoms with Gasteiger partial charge in [-0.2, -0.15) is 0 Å². The average molecular weight is 278 g/mol. The molecule has 14 heavy (non-hydrogen) atoms. The minimum atomic E-state index is -0.472. The highest BCUT2D eigenvalue weighted by Gasteiger charge is 2.23. The van der Waals surface area contributed by atoms with Crippen LogP contribution in [-0.2, 0) is 6.42 Å². The lowest BCUT2D eigenvalue weighted by molar-refractivity contribution is 0.0972. The second-order valence-electron chi connectivity index (χ2n) is 3.29. The van der Waals surface area contributed by atoms with Gasteiger partial charge in [-0.3, -0.25) is 4.79 Å². The molecule has 2 rings (SSSR count). The summed E-state index contributed by atoms with van der Waals surface area (Å²) < 4.78 is 13.6. The van der Waals surface area contributed by atoms with Crippen LogP contribution in [0.1, 0.15) is 28.8 Å². The molecule has 0 atom stereocenters. The van der Waals surface area contributed by atoms with Crippen molar-refractivity contribution < 1.29 is 9.18 Å². The van der Waals surface area contributed by atoms with Crippen LogP contribution in [0.4, 0.5) is 4.39 Å². The molecule has 1 aromatic rings. The van der Waals surface area contributed by atoms with Crippen LogP contribution in [0.15, 0.2) is 10.5 Å². The average Bonchev–Trinajstić information content (AvgIpc) is 2.17. The highest BCUT2D eigenvalue weighted by molar-refractivity contribution is 9.10. The van der Waals surface area contributed by atoms with Crippen molar-refractivity contribution in [3.63, 3.8) is 0 Å². The van der Waals surface area contributed by atoms with Gasteiger partial charge in [-0.15, -0.1) is 0 Å². The van der Waals surface area contributed by atoms with Crippen LogP contribution in [0, 0.1) is 5.82 Å². The van der Waals surface area contributed by atoms with Gasteiger partial charge in [0.2, 0.25) is 0 Å². The van der Waals surface area contributed by atoms with Gasteiger partial charge in [0.15, 0.2) is 11.6 Å². The fourth-order valence-corrected chi connectivity index (χ4v) is 2.53. The van der Waals surface area contributed by atoms with E-state index in [1.807, 2.05) is 0 Å². The zero-order chi connectivity index (χ0) is 10.3. The maximum atomic E-state index is 13.4. The summed E-state index contributed by atoms with van der Waals surface area (Å²) in [6, 6.07) is 1.53. The Balaban J connectivity index is 2.69. The van der Waals surface area contributed by atoms with E-state index in [1.165, 1.54) is 6.07 Å². The molecule has 1 aliphatic carbocycles. The zero-order valence-corrected chi connectivity index (χ0v) is 9.58. The van der Waals surface area contributed by atoms with Gasteiger partial charge in [-0.05, 0) is 40.4 Å². The van der Waals surface area contributed by atoms with E-state index in [4.69, 9.17) is 11.6 Å². The van der Waals surface area contributed by atoms with Gasteiger partial charge in [0.25, 0.3) is 0 Å². The molecule has 0 amide bonds. The molecule has 0 radical (unpaired) electrons. The Bertz CT molecular complexity index is 417. The van der Waals surface area contributed by atoms with Crippen molar-refractivity contribution in [3.05, 3.63) is 32.5 Å². The smallest absolute Gasteiger partial charge is 0.163 e. The van der Waals surface area contributed by atoms with Gasteiger partial charge in [-0.1, -0.05) is 11.6 Å². The number of halogens is 3. The Hall–Kier alpha value is -0.410. The largest absolute Gasteiger partial charge is 0.294 e. The van der Waals surface area contributed by atoms with Gasteiger partial charge in [0.1, 0.15) is 0 Å². The summed E-state index contributed by atoms with van der Waals surface area (Å²) in [7, 11) is 0. The molecule has 0 aliphatic heterocycles.